The van der Waals surface area contributed by atoms with Crippen LogP contribution in [-0.2, 0) is 9.59 Å². The van der Waals surface area contributed by atoms with Crippen molar-refractivity contribution in [2.45, 2.75) is 71.4 Å². The van der Waals surface area contributed by atoms with E-state index in [1.54, 1.807) is 11.8 Å². The quantitative estimate of drug-likeness (QED) is 0.816. The number of amides is 2. The number of nitrogens with zero attached hydrogens (tertiary/aromatic N) is 1. The van der Waals surface area contributed by atoms with E-state index in [9.17, 15) is 9.59 Å². The van der Waals surface area contributed by atoms with Gasteiger partial charge in [0.25, 0.3) is 0 Å². The fraction of sp³-hybridized carbons (Fsp3) is 0.857. The van der Waals surface area contributed by atoms with Crippen molar-refractivity contribution in [3.63, 3.8) is 0 Å². The van der Waals surface area contributed by atoms with Crippen LogP contribution in [0.4, 0.5) is 0 Å². The molecule has 1 rings (SSSR count). The fourth-order valence-electron chi connectivity index (χ4n) is 2.55. The maximum absolute atomic E-state index is 11.8. The van der Waals surface area contributed by atoms with Gasteiger partial charge in [-0.1, -0.05) is 19.3 Å². The zero-order chi connectivity index (χ0) is 13.5. The third-order valence-electron chi connectivity index (χ3n) is 3.58. The first kappa shape index (κ1) is 15.0. The second kappa shape index (κ2) is 7.39. The number of nitrogens with one attached hydrogen (secondary N) is 1. The van der Waals surface area contributed by atoms with Crippen molar-refractivity contribution >= 4 is 11.8 Å². The molecule has 0 atom stereocenters. The van der Waals surface area contributed by atoms with Crippen molar-refractivity contribution in [2.75, 3.05) is 6.54 Å². The van der Waals surface area contributed by atoms with Gasteiger partial charge in [-0.2, -0.15) is 0 Å². The Bertz CT molecular complexity index is 284. The summed E-state index contributed by atoms with van der Waals surface area (Å²) in [6.07, 6.45) is 6.35. The van der Waals surface area contributed by atoms with Gasteiger partial charge in [0.1, 0.15) is 0 Å². The Morgan fingerprint density at radius 1 is 1.22 bits per heavy atom. The number of hydrogen-bond donors (Lipinski definition) is 1. The van der Waals surface area contributed by atoms with Gasteiger partial charge in [-0.05, 0) is 26.7 Å². The predicted molar refractivity (Wildman–Crippen MR) is 72.2 cm³/mol. The van der Waals surface area contributed by atoms with E-state index >= 15 is 0 Å². The summed E-state index contributed by atoms with van der Waals surface area (Å²) in [5.74, 6) is 0.115. The Balaban J connectivity index is 2.28. The molecule has 0 radical (unpaired) electrons. The highest BCUT2D eigenvalue weighted by Gasteiger charge is 2.17. The Kier molecular flexibility index (Phi) is 6.16. The van der Waals surface area contributed by atoms with Crippen molar-refractivity contribution in [3.05, 3.63) is 0 Å². The van der Waals surface area contributed by atoms with Gasteiger partial charge in [0.2, 0.25) is 11.8 Å². The lowest BCUT2D eigenvalue weighted by Gasteiger charge is -2.26. The van der Waals surface area contributed by atoms with Crippen molar-refractivity contribution in [1.29, 1.82) is 0 Å². The maximum atomic E-state index is 11.8. The minimum Gasteiger partial charge on any atom is -0.353 e. The van der Waals surface area contributed by atoms with E-state index in [1.165, 1.54) is 19.3 Å². The molecule has 1 fully saturated rings. The second-order valence-electron chi connectivity index (χ2n) is 5.46. The molecular formula is C14H26N2O2. The van der Waals surface area contributed by atoms with E-state index in [-0.39, 0.29) is 17.9 Å². The first-order valence-corrected chi connectivity index (χ1v) is 7.07. The minimum absolute atomic E-state index is 0.0375. The van der Waals surface area contributed by atoms with E-state index in [1.807, 2.05) is 13.8 Å². The van der Waals surface area contributed by atoms with Crippen LogP contribution in [0.25, 0.3) is 0 Å². The summed E-state index contributed by atoms with van der Waals surface area (Å²) in [5, 5.41) is 3.08. The van der Waals surface area contributed by atoms with E-state index < -0.39 is 0 Å². The maximum Gasteiger partial charge on any atom is 0.221 e. The Morgan fingerprint density at radius 2 is 1.83 bits per heavy atom. The van der Waals surface area contributed by atoms with E-state index in [0.717, 1.165) is 12.8 Å². The van der Waals surface area contributed by atoms with E-state index in [0.29, 0.717) is 19.0 Å². The molecule has 18 heavy (non-hydrogen) atoms. The van der Waals surface area contributed by atoms with Crippen molar-refractivity contribution < 1.29 is 9.59 Å². The molecule has 0 aliphatic heterocycles. The van der Waals surface area contributed by atoms with Crippen LogP contribution in [0.3, 0.4) is 0 Å². The lowest BCUT2D eigenvalue weighted by molar-refractivity contribution is -0.131. The zero-order valence-electron chi connectivity index (χ0n) is 11.9. The summed E-state index contributed by atoms with van der Waals surface area (Å²) >= 11 is 0. The molecular weight excluding hydrogens is 228 g/mol. The molecule has 0 aromatic rings. The van der Waals surface area contributed by atoms with Gasteiger partial charge in [0, 0.05) is 32.0 Å². The highest BCUT2D eigenvalue weighted by molar-refractivity contribution is 5.78. The molecule has 0 spiro atoms. The summed E-state index contributed by atoms with van der Waals surface area (Å²) in [6, 6.07) is 0.515. The fourth-order valence-corrected chi connectivity index (χ4v) is 2.55. The number of rotatable bonds is 5. The number of hydrogen-bond acceptors (Lipinski definition) is 2. The van der Waals surface area contributed by atoms with Gasteiger partial charge in [0.15, 0.2) is 0 Å². The molecule has 0 bridgehead atoms. The van der Waals surface area contributed by atoms with Crippen LogP contribution in [-0.4, -0.2) is 35.3 Å². The van der Waals surface area contributed by atoms with Crippen LogP contribution in [0.2, 0.25) is 0 Å². The molecule has 1 aliphatic rings. The normalized spacial score (nSPS) is 16.7. The molecule has 4 heteroatoms. The first-order valence-electron chi connectivity index (χ1n) is 7.07. The van der Waals surface area contributed by atoms with Crippen LogP contribution >= 0.6 is 0 Å². The van der Waals surface area contributed by atoms with Gasteiger partial charge in [-0.25, -0.2) is 0 Å². The smallest absolute Gasteiger partial charge is 0.221 e. The molecule has 0 aromatic carbocycles. The molecule has 104 valence electrons. The van der Waals surface area contributed by atoms with Crippen LogP contribution in [0.5, 0.6) is 0 Å². The average molecular weight is 254 g/mol. The second-order valence-corrected chi connectivity index (χ2v) is 5.46. The highest BCUT2D eigenvalue weighted by Crippen LogP contribution is 2.17. The monoisotopic (exact) mass is 254 g/mol. The number of carbonyl (C=O) groups excluding carboxylic acids is 2. The minimum atomic E-state index is 0.0375. The highest BCUT2D eigenvalue weighted by atomic mass is 16.2. The number of carbonyl (C=O) groups is 2. The van der Waals surface area contributed by atoms with Gasteiger partial charge in [0.05, 0.1) is 0 Å². The van der Waals surface area contributed by atoms with Crippen molar-refractivity contribution in [1.82, 2.24) is 10.2 Å². The molecule has 0 saturated heterocycles. The van der Waals surface area contributed by atoms with Gasteiger partial charge >= 0.3 is 0 Å². The van der Waals surface area contributed by atoms with Gasteiger partial charge in [-0.3, -0.25) is 9.59 Å². The Labute approximate surface area is 110 Å². The topological polar surface area (TPSA) is 49.4 Å². The van der Waals surface area contributed by atoms with Gasteiger partial charge < -0.3 is 10.2 Å². The summed E-state index contributed by atoms with van der Waals surface area (Å²) < 4.78 is 0. The van der Waals surface area contributed by atoms with E-state index in [2.05, 4.69) is 5.32 Å². The SMILES string of the molecule is CC(=O)N(CCC(=O)NC1CCCCC1)C(C)C. The third kappa shape index (κ3) is 5.07. The van der Waals surface area contributed by atoms with Gasteiger partial charge in [-0.15, -0.1) is 0 Å². The third-order valence-corrected chi connectivity index (χ3v) is 3.58. The molecule has 1 N–H and O–H groups in total. The van der Waals surface area contributed by atoms with Crippen molar-refractivity contribution in [3.8, 4) is 0 Å². The molecule has 4 nitrogen and oxygen atoms in total. The lowest BCUT2D eigenvalue weighted by atomic mass is 9.95. The molecule has 0 unspecified atom stereocenters. The Hall–Kier alpha value is -1.06. The largest absolute Gasteiger partial charge is 0.353 e. The molecule has 0 heterocycles. The van der Waals surface area contributed by atoms with E-state index in [4.69, 9.17) is 0 Å². The molecule has 1 aliphatic carbocycles. The van der Waals surface area contributed by atoms with Crippen LogP contribution in [0.1, 0.15) is 59.3 Å². The van der Waals surface area contributed by atoms with Crippen LogP contribution < -0.4 is 5.32 Å². The summed E-state index contributed by atoms with van der Waals surface area (Å²) in [5.41, 5.74) is 0. The molecule has 1 saturated carbocycles. The average Bonchev–Trinajstić information content (AvgIpc) is 2.29. The summed E-state index contributed by atoms with van der Waals surface area (Å²) in [6.45, 7) is 6.02. The zero-order valence-corrected chi connectivity index (χ0v) is 11.9. The first-order chi connectivity index (χ1) is 8.50. The van der Waals surface area contributed by atoms with Crippen molar-refractivity contribution in [2.24, 2.45) is 0 Å². The molecule has 2 amide bonds. The van der Waals surface area contributed by atoms with Crippen LogP contribution in [0, 0.1) is 0 Å². The summed E-state index contributed by atoms with van der Waals surface area (Å²) in [7, 11) is 0. The van der Waals surface area contributed by atoms with Crippen LogP contribution in [0.15, 0.2) is 0 Å². The Morgan fingerprint density at radius 3 is 2.33 bits per heavy atom. The lowest BCUT2D eigenvalue weighted by Crippen LogP contribution is -2.41. The predicted octanol–water partition coefficient (Wildman–Crippen LogP) is 2.08. The summed E-state index contributed by atoms with van der Waals surface area (Å²) in [4.78, 5) is 24.9. The standard InChI is InChI=1S/C14H26N2O2/c1-11(2)16(12(3)17)10-9-14(18)15-13-7-5-4-6-8-13/h11,13H,4-10H2,1-3H3,(H,15,18). The molecule has 0 aromatic heterocycles.